The molecule has 0 amide bonds. The summed E-state index contributed by atoms with van der Waals surface area (Å²) in [6.45, 7) is 15.8. The number of aldehydes is 1. The highest BCUT2D eigenvalue weighted by atomic mass is 28.3. The van der Waals surface area contributed by atoms with Crippen molar-refractivity contribution in [3.05, 3.63) is 35.4 Å². The maximum Gasteiger partial charge on any atom is 0.150 e. The molecule has 0 radical (unpaired) electrons. The molecule has 0 heterocycles. The van der Waals surface area contributed by atoms with E-state index >= 15 is 0 Å². The number of rotatable bonds is 3. The van der Waals surface area contributed by atoms with Gasteiger partial charge in [0.15, 0.2) is 0 Å². The summed E-state index contributed by atoms with van der Waals surface area (Å²) in [7, 11) is -1.30. The van der Waals surface area contributed by atoms with Gasteiger partial charge in [-0.1, -0.05) is 65.9 Å². The normalized spacial score (nSPS) is 11.5. The molecule has 0 atom stereocenters. The molecular formula is C16H28OSi. The molecule has 1 rings (SSSR count). The standard InChI is InChI=1S/C14H22OSi.C2H6/c1-14(2,3)16(4,5)11-13-8-6-7-12(9-13)10-15;1-2/h6-10H,11H2,1-5H3;1-2H3. The van der Waals surface area contributed by atoms with Crippen molar-refractivity contribution >= 4 is 14.4 Å². The fraction of sp³-hybridized carbons (Fsp3) is 0.562. The molecule has 0 fully saturated rings. The molecule has 0 spiro atoms. The van der Waals surface area contributed by atoms with Crippen LogP contribution in [0.4, 0.5) is 0 Å². The molecule has 1 aromatic carbocycles. The van der Waals surface area contributed by atoms with E-state index in [1.54, 1.807) is 0 Å². The topological polar surface area (TPSA) is 17.1 Å². The van der Waals surface area contributed by atoms with Crippen LogP contribution in [0.3, 0.4) is 0 Å². The SMILES string of the molecule is CC.CC(C)(C)[Si](C)(C)Cc1cccc(C=O)c1. The van der Waals surface area contributed by atoms with E-state index in [-0.39, 0.29) is 0 Å². The fourth-order valence-electron chi connectivity index (χ4n) is 1.55. The minimum absolute atomic E-state index is 0.393. The highest BCUT2D eigenvalue weighted by Gasteiger charge is 2.34. The van der Waals surface area contributed by atoms with Crippen molar-refractivity contribution in [3.8, 4) is 0 Å². The van der Waals surface area contributed by atoms with Gasteiger partial charge in [0.05, 0.1) is 8.07 Å². The number of hydrogen-bond acceptors (Lipinski definition) is 1. The van der Waals surface area contributed by atoms with Crippen molar-refractivity contribution in [2.45, 2.75) is 58.8 Å². The zero-order valence-corrected chi connectivity index (χ0v) is 14.0. The summed E-state index contributed by atoms with van der Waals surface area (Å²) in [6, 6.07) is 9.13. The number of benzene rings is 1. The van der Waals surface area contributed by atoms with Gasteiger partial charge in [-0.25, -0.2) is 0 Å². The van der Waals surface area contributed by atoms with Crippen molar-refractivity contribution in [1.82, 2.24) is 0 Å². The second kappa shape index (κ2) is 6.88. The lowest BCUT2D eigenvalue weighted by molar-refractivity contribution is 0.112. The van der Waals surface area contributed by atoms with E-state index in [0.717, 1.165) is 17.9 Å². The Kier molecular flexibility index (Phi) is 6.54. The molecule has 0 aliphatic heterocycles. The summed E-state index contributed by atoms with van der Waals surface area (Å²) in [6.07, 6.45) is 0.926. The summed E-state index contributed by atoms with van der Waals surface area (Å²) in [5.41, 5.74) is 2.09. The van der Waals surface area contributed by atoms with Crippen LogP contribution in [0.1, 0.15) is 50.5 Å². The van der Waals surface area contributed by atoms with E-state index in [1.807, 2.05) is 32.0 Å². The first-order chi connectivity index (χ1) is 8.26. The maximum atomic E-state index is 10.7. The molecule has 0 aliphatic rings. The van der Waals surface area contributed by atoms with E-state index in [0.29, 0.717) is 5.04 Å². The van der Waals surface area contributed by atoms with Crippen LogP contribution in [0, 0.1) is 0 Å². The van der Waals surface area contributed by atoms with Gasteiger partial charge in [0.2, 0.25) is 0 Å². The van der Waals surface area contributed by atoms with E-state index < -0.39 is 8.07 Å². The first kappa shape index (κ1) is 17.1. The molecule has 0 saturated heterocycles. The first-order valence-electron chi connectivity index (χ1n) is 6.80. The molecule has 0 aromatic heterocycles. The first-order valence-corrected chi connectivity index (χ1v) is 10.0. The van der Waals surface area contributed by atoms with E-state index in [9.17, 15) is 4.79 Å². The Morgan fingerprint density at radius 2 is 1.72 bits per heavy atom. The third-order valence-electron chi connectivity index (χ3n) is 3.76. The summed E-state index contributed by atoms with van der Waals surface area (Å²) >= 11 is 0. The van der Waals surface area contributed by atoms with Gasteiger partial charge in [0, 0.05) is 5.56 Å². The van der Waals surface area contributed by atoms with Crippen LogP contribution >= 0.6 is 0 Å². The summed E-state index contributed by atoms with van der Waals surface area (Å²) in [5, 5.41) is 0.393. The van der Waals surface area contributed by atoms with Gasteiger partial charge in [0.1, 0.15) is 6.29 Å². The van der Waals surface area contributed by atoms with Crippen LogP contribution in [0.25, 0.3) is 0 Å². The van der Waals surface area contributed by atoms with Crippen molar-refractivity contribution in [1.29, 1.82) is 0 Å². The average Bonchev–Trinajstić information content (AvgIpc) is 2.30. The van der Waals surface area contributed by atoms with Gasteiger partial charge in [-0.05, 0) is 22.7 Å². The van der Waals surface area contributed by atoms with E-state index in [4.69, 9.17) is 0 Å². The Labute approximate surface area is 114 Å². The third-order valence-corrected chi connectivity index (χ3v) is 9.12. The molecule has 0 N–H and O–H groups in total. The molecular weight excluding hydrogens is 236 g/mol. The van der Waals surface area contributed by atoms with Crippen LogP contribution < -0.4 is 0 Å². The Morgan fingerprint density at radius 1 is 1.17 bits per heavy atom. The highest BCUT2D eigenvalue weighted by Crippen LogP contribution is 2.37. The molecule has 0 saturated carbocycles. The fourth-order valence-corrected chi connectivity index (χ4v) is 3.32. The second-order valence-electron chi connectivity index (χ2n) is 6.17. The van der Waals surface area contributed by atoms with Crippen LogP contribution in [0.5, 0.6) is 0 Å². The Morgan fingerprint density at radius 3 is 2.17 bits per heavy atom. The van der Waals surface area contributed by atoms with Gasteiger partial charge in [0.25, 0.3) is 0 Å². The quantitative estimate of drug-likeness (QED) is 0.547. The lowest BCUT2D eigenvalue weighted by atomic mass is 10.2. The van der Waals surface area contributed by atoms with Gasteiger partial charge < -0.3 is 0 Å². The van der Waals surface area contributed by atoms with Crippen molar-refractivity contribution in [3.63, 3.8) is 0 Å². The van der Waals surface area contributed by atoms with Crippen molar-refractivity contribution in [2.24, 2.45) is 0 Å². The Hall–Kier alpha value is -0.893. The monoisotopic (exact) mass is 264 g/mol. The van der Waals surface area contributed by atoms with Gasteiger partial charge in [-0.3, -0.25) is 4.79 Å². The van der Waals surface area contributed by atoms with Gasteiger partial charge >= 0.3 is 0 Å². The number of hydrogen-bond donors (Lipinski definition) is 0. The molecule has 102 valence electrons. The average molecular weight is 264 g/mol. The lowest BCUT2D eigenvalue weighted by Gasteiger charge is -2.37. The van der Waals surface area contributed by atoms with Crippen LogP contribution in [-0.4, -0.2) is 14.4 Å². The largest absolute Gasteiger partial charge is 0.298 e. The smallest absolute Gasteiger partial charge is 0.150 e. The molecule has 1 aromatic rings. The maximum absolute atomic E-state index is 10.7. The molecule has 18 heavy (non-hydrogen) atoms. The Balaban J connectivity index is 0.00000137. The number of carbonyl (C=O) groups is 1. The summed E-state index contributed by atoms with van der Waals surface area (Å²) in [4.78, 5) is 10.7. The lowest BCUT2D eigenvalue weighted by Crippen LogP contribution is -2.39. The van der Waals surface area contributed by atoms with Crippen molar-refractivity contribution < 1.29 is 4.79 Å². The van der Waals surface area contributed by atoms with Gasteiger partial charge in [-0.15, -0.1) is 0 Å². The summed E-state index contributed by atoms with van der Waals surface area (Å²) < 4.78 is 0. The predicted octanol–water partition coefficient (Wildman–Crippen LogP) is 5.12. The van der Waals surface area contributed by atoms with Gasteiger partial charge in [-0.2, -0.15) is 0 Å². The molecule has 0 bridgehead atoms. The molecule has 2 heteroatoms. The number of carbonyl (C=O) groups excluding carboxylic acids is 1. The summed E-state index contributed by atoms with van der Waals surface area (Å²) in [5.74, 6) is 0. The molecule has 0 aliphatic carbocycles. The Bertz CT molecular complexity index is 375. The predicted molar refractivity (Wildman–Crippen MR) is 84.1 cm³/mol. The van der Waals surface area contributed by atoms with Crippen LogP contribution in [0.15, 0.2) is 24.3 Å². The zero-order valence-electron chi connectivity index (χ0n) is 13.0. The second-order valence-corrected chi connectivity index (χ2v) is 11.8. The minimum atomic E-state index is -1.30. The van der Waals surface area contributed by atoms with Crippen LogP contribution in [0.2, 0.25) is 18.1 Å². The molecule has 0 unspecified atom stereocenters. The minimum Gasteiger partial charge on any atom is -0.298 e. The van der Waals surface area contributed by atoms with Crippen LogP contribution in [-0.2, 0) is 6.04 Å². The third kappa shape index (κ3) is 4.77. The van der Waals surface area contributed by atoms with E-state index in [1.165, 1.54) is 5.56 Å². The molecule has 1 nitrogen and oxygen atoms in total. The van der Waals surface area contributed by atoms with E-state index in [2.05, 4.69) is 39.9 Å². The van der Waals surface area contributed by atoms with Crippen molar-refractivity contribution in [2.75, 3.05) is 0 Å². The zero-order chi connectivity index (χ0) is 14.4. The highest BCUT2D eigenvalue weighted by molar-refractivity contribution is 6.79.